The molecular weight excluding hydrogens is 226 g/mol. The van der Waals surface area contributed by atoms with Crippen molar-refractivity contribution in [3.8, 4) is 5.75 Å². The second-order valence-electron chi connectivity index (χ2n) is 4.15. The van der Waals surface area contributed by atoms with Crippen LogP contribution in [0.4, 0.5) is 4.79 Å². The lowest BCUT2D eigenvalue weighted by Crippen LogP contribution is -2.27. The zero-order valence-corrected chi connectivity index (χ0v) is 10.5. The highest BCUT2D eigenvalue weighted by Crippen LogP contribution is 2.25. The van der Waals surface area contributed by atoms with Gasteiger partial charge in [-0.25, -0.2) is 4.79 Å². The molecule has 3 heteroatoms. The van der Waals surface area contributed by atoms with Gasteiger partial charge in [-0.1, -0.05) is 49.7 Å². The Kier molecular flexibility index (Phi) is 4.18. The molecular formula is C15H17NO2. The van der Waals surface area contributed by atoms with Crippen LogP contribution in [0.3, 0.4) is 0 Å². The van der Waals surface area contributed by atoms with E-state index in [9.17, 15) is 4.79 Å². The summed E-state index contributed by atoms with van der Waals surface area (Å²) in [6, 6.07) is 13.5. The Hall–Kier alpha value is -2.03. The van der Waals surface area contributed by atoms with Crippen molar-refractivity contribution in [3.05, 3.63) is 42.5 Å². The number of carbonyl (C=O) groups is 1. The maximum Gasteiger partial charge on any atom is 0.412 e. The first kappa shape index (κ1) is 12.4. The van der Waals surface area contributed by atoms with Gasteiger partial charge in [0.05, 0.1) is 0 Å². The highest BCUT2D eigenvalue weighted by atomic mass is 16.6. The Morgan fingerprint density at radius 1 is 1.17 bits per heavy atom. The standard InChI is InChI=1S/C15H17NO2/c1-2-3-11-16-15(17)18-14-10-6-8-12-7-4-5-9-13(12)14/h4-10H,2-3,11H2,1H3,(H,16,17). The summed E-state index contributed by atoms with van der Waals surface area (Å²) in [5.74, 6) is 0.599. The van der Waals surface area contributed by atoms with Gasteiger partial charge in [0.2, 0.25) is 0 Å². The average molecular weight is 243 g/mol. The van der Waals surface area contributed by atoms with Crippen LogP contribution in [0.2, 0.25) is 0 Å². The zero-order chi connectivity index (χ0) is 12.8. The smallest absolute Gasteiger partial charge is 0.410 e. The van der Waals surface area contributed by atoms with Crippen molar-refractivity contribution in [1.82, 2.24) is 5.32 Å². The Morgan fingerprint density at radius 2 is 1.94 bits per heavy atom. The van der Waals surface area contributed by atoms with Crippen LogP contribution in [0.5, 0.6) is 5.75 Å². The van der Waals surface area contributed by atoms with Crippen LogP contribution in [-0.4, -0.2) is 12.6 Å². The summed E-state index contributed by atoms with van der Waals surface area (Å²) >= 11 is 0. The van der Waals surface area contributed by atoms with Gasteiger partial charge in [0.25, 0.3) is 0 Å². The van der Waals surface area contributed by atoms with Gasteiger partial charge in [-0.2, -0.15) is 0 Å². The molecule has 0 unspecified atom stereocenters. The number of hydrogen-bond donors (Lipinski definition) is 1. The van der Waals surface area contributed by atoms with E-state index in [0.29, 0.717) is 12.3 Å². The minimum Gasteiger partial charge on any atom is -0.410 e. The van der Waals surface area contributed by atoms with Crippen molar-refractivity contribution < 1.29 is 9.53 Å². The van der Waals surface area contributed by atoms with Crippen LogP contribution in [-0.2, 0) is 0 Å². The third kappa shape index (κ3) is 3.00. The van der Waals surface area contributed by atoms with Gasteiger partial charge in [0.1, 0.15) is 5.75 Å². The van der Waals surface area contributed by atoms with Crippen LogP contribution in [0, 0.1) is 0 Å². The molecule has 0 aliphatic carbocycles. The Morgan fingerprint density at radius 3 is 2.78 bits per heavy atom. The lowest BCUT2D eigenvalue weighted by Gasteiger charge is -2.08. The van der Waals surface area contributed by atoms with E-state index in [0.717, 1.165) is 23.6 Å². The Bertz CT molecular complexity index is 532. The number of carbonyl (C=O) groups excluding carboxylic acids is 1. The number of fused-ring (bicyclic) bond motifs is 1. The second kappa shape index (κ2) is 6.05. The summed E-state index contributed by atoms with van der Waals surface area (Å²) < 4.78 is 5.32. The van der Waals surface area contributed by atoms with Gasteiger partial charge in [0, 0.05) is 11.9 Å². The monoisotopic (exact) mass is 243 g/mol. The van der Waals surface area contributed by atoms with Crippen molar-refractivity contribution in [1.29, 1.82) is 0 Å². The topological polar surface area (TPSA) is 38.3 Å². The van der Waals surface area contributed by atoms with Crippen LogP contribution in [0.15, 0.2) is 42.5 Å². The van der Waals surface area contributed by atoms with Gasteiger partial charge < -0.3 is 10.1 Å². The van der Waals surface area contributed by atoms with Gasteiger partial charge in [0.15, 0.2) is 0 Å². The van der Waals surface area contributed by atoms with Gasteiger partial charge in [-0.05, 0) is 17.9 Å². The second-order valence-corrected chi connectivity index (χ2v) is 4.15. The summed E-state index contributed by atoms with van der Waals surface area (Å²) in [7, 11) is 0. The van der Waals surface area contributed by atoms with E-state index in [1.54, 1.807) is 0 Å². The van der Waals surface area contributed by atoms with Gasteiger partial charge in [-0.15, -0.1) is 0 Å². The normalized spacial score (nSPS) is 10.3. The number of unbranched alkanes of at least 4 members (excludes halogenated alkanes) is 1. The van der Waals surface area contributed by atoms with E-state index in [1.807, 2.05) is 42.5 Å². The lowest BCUT2D eigenvalue weighted by atomic mass is 10.1. The fourth-order valence-electron chi connectivity index (χ4n) is 1.79. The highest BCUT2D eigenvalue weighted by molar-refractivity contribution is 5.90. The quantitative estimate of drug-likeness (QED) is 0.831. The van der Waals surface area contributed by atoms with E-state index >= 15 is 0 Å². The summed E-state index contributed by atoms with van der Waals surface area (Å²) in [6.07, 6.45) is 1.62. The first-order valence-corrected chi connectivity index (χ1v) is 6.24. The van der Waals surface area contributed by atoms with E-state index in [2.05, 4.69) is 12.2 Å². The van der Waals surface area contributed by atoms with E-state index in [1.165, 1.54) is 0 Å². The van der Waals surface area contributed by atoms with Crippen LogP contribution in [0.25, 0.3) is 10.8 Å². The first-order valence-electron chi connectivity index (χ1n) is 6.24. The molecule has 2 aromatic rings. The molecule has 94 valence electrons. The molecule has 1 amide bonds. The number of rotatable bonds is 4. The summed E-state index contributed by atoms with van der Waals surface area (Å²) in [5, 5.41) is 4.75. The molecule has 1 N–H and O–H groups in total. The van der Waals surface area contributed by atoms with E-state index < -0.39 is 0 Å². The maximum atomic E-state index is 11.6. The molecule has 0 bridgehead atoms. The van der Waals surface area contributed by atoms with Crippen molar-refractivity contribution in [2.45, 2.75) is 19.8 Å². The summed E-state index contributed by atoms with van der Waals surface area (Å²) in [4.78, 5) is 11.6. The number of hydrogen-bond acceptors (Lipinski definition) is 2. The average Bonchev–Trinajstić information content (AvgIpc) is 2.39. The minimum absolute atomic E-state index is 0.389. The molecule has 0 atom stereocenters. The molecule has 18 heavy (non-hydrogen) atoms. The van der Waals surface area contributed by atoms with Crippen LogP contribution < -0.4 is 10.1 Å². The van der Waals surface area contributed by atoms with Gasteiger partial charge >= 0.3 is 6.09 Å². The van der Waals surface area contributed by atoms with Crippen LogP contribution >= 0.6 is 0 Å². The molecule has 0 aliphatic heterocycles. The van der Waals surface area contributed by atoms with Crippen molar-refractivity contribution in [2.75, 3.05) is 6.54 Å². The first-order chi connectivity index (χ1) is 8.81. The number of benzene rings is 2. The molecule has 0 saturated heterocycles. The third-order valence-corrected chi connectivity index (χ3v) is 2.75. The molecule has 2 aromatic carbocycles. The third-order valence-electron chi connectivity index (χ3n) is 2.75. The molecule has 0 heterocycles. The fraction of sp³-hybridized carbons (Fsp3) is 0.267. The number of amides is 1. The number of ether oxygens (including phenoxy) is 1. The summed E-state index contributed by atoms with van der Waals surface area (Å²) in [6.45, 7) is 2.73. The zero-order valence-electron chi connectivity index (χ0n) is 10.5. The van der Waals surface area contributed by atoms with E-state index in [-0.39, 0.29) is 6.09 Å². The number of nitrogens with one attached hydrogen (secondary N) is 1. The molecule has 0 aliphatic rings. The predicted octanol–water partition coefficient (Wildman–Crippen LogP) is 3.73. The minimum atomic E-state index is -0.389. The highest BCUT2D eigenvalue weighted by Gasteiger charge is 2.06. The van der Waals surface area contributed by atoms with Crippen LogP contribution in [0.1, 0.15) is 19.8 Å². The molecule has 0 spiro atoms. The molecule has 0 saturated carbocycles. The fourth-order valence-corrected chi connectivity index (χ4v) is 1.79. The maximum absolute atomic E-state index is 11.6. The predicted molar refractivity (Wildman–Crippen MR) is 72.9 cm³/mol. The van der Waals surface area contributed by atoms with Crippen molar-refractivity contribution in [3.63, 3.8) is 0 Å². The Labute approximate surface area is 107 Å². The molecule has 0 radical (unpaired) electrons. The molecule has 0 fully saturated rings. The SMILES string of the molecule is CCCCNC(=O)Oc1cccc2ccccc12. The molecule has 3 nitrogen and oxygen atoms in total. The largest absolute Gasteiger partial charge is 0.412 e. The van der Waals surface area contributed by atoms with E-state index in [4.69, 9.17) is 4.74 Å². The molecule has 0 aromatic heterocycles. The van der Waals surface area contributed by atoms with Crippen molar-refractivity contribution >= 4 is 16.9 Å². The summed E-state index contributed by atoms with van der Waals surface area (Å²) in [5.41, 5.74) is 0. The van der Waals surface area contributed by atoms with Crippen molar-refractivity contribution in [2.24, 2.45) is 0 Å². The van der Waals surface area contributed by atoms with Gasteiger partial charge in [-0.3, -0.25) is 0 Å². The molecule has 2 rings (SSSR count). The lowest BCUT2D eigenvalue weighted by molar-refractivity contribution is 0.201. The Balaban J connectivity index is 2.09.